The van der Waals surface area contributed by atoms with Gasteiger partial charge in [0, 0.05) is 23.7 Å². The van der Waals surface area contributed by atoms with Crippen molar-refractivity contribution in [1.82, 2.24) is 14.7 Å². The van der Waals surface area contributed by atoms with E-state index in [2.05, 4.69) is 39.1 Å². The summed E-state index contributed by atoms with van der Waals surface area (Å²) in [6.07, 6.45) is 0. The van der Waals surface area contributed by atoms with Crippen LogP contribution in [0.2, 0.25) is 0 Å². The maximum atomic E-state index is 13.5. The van der Waals surface area contributed by atoms with Crippen molar-refractivity contribution in [3.63, 3.8) is 0 Å². The van der Waals surface area contributed by atoms with Gasteiger partial charge >= 0.3 is 0 Å². The van der Waals surface area contributed by atoms with Crippen molar-refractivity contribution in [1.29, 1.82) is 0 Å². The quantitative estimate of drug-likeness (QED) is 0.259. The lowest BCUT2D eigenvalue weighted by molar-refractivity contribution is -0.117. The maximum Gasteiger partial charge on any atom is 0.254 e. The van der Waals surface area contributed by atoms with Gasteiger partial charge in [-0.05, 0) is 54.5 Å². The van der Waals surface area contributed by atoms with Crippen LogP contribution in [0, 0.1) is 19.8 Å². The average molecular weight is 537 g/mol. The van der Waals surface area contributed by atoms with Gasteiger partial charge in [0.1, 0.15) is 12.4 Å². The standard InChI is InChI=1S/C34H40N4O2/c1-23(2)21-37(33(40)27-14-16-28(17-15-27)34(5,6)7)22-32(39)35-31-20-29(26-11-9-8-10-12-26)36-38(31)30-18-13-24(3)19-25(30)4/h8-20,23H,21-22H2,1-7H3,(H,35,39). The number of nitrogens with zero attached hydrogens (tertiary/aromatic N) is 3. The molecule has 0 bridgehead atoms. The van der Waals surface area contributed by atoms with Gasteiger partial charge in [0.2, 0.25) is 5.91 Å². The van der Waals surface area contributed by atoms with Crippen LogP contribution in [0.3, 0.4) is 0 Å². The molecule has 6 heteroatoms. The third kappa shape index (κ3) is 6.87. The first-order valence-electron chi connectivity index (χ1n) is 13.8. The molecule has 1 aromatic heterocycles. The summed E-state index contributed by atoms with van der Waals surface area (Å²) in [5.74, 6) is 0.335. The highest BCUT2D eigenvalue weighted by Gasteiger charge is 2.23. The Labute approximate surface area is 238 Å². The number of nitrogens with one attached hydrogen (secondary N) is 1. The van der Waals surface area contributed by atoms with Gasteiger partial charge in [0.15, 0.2) is 0 Å². The Morgan fingerprint density at radius 1 is 0.925 bits per heavy atom. The number of rotatable bonds is 8. The Balaban J connectivity index is 1.61. The minimum Gasteiger partial charge on any atom is -0.329 e. The van der Waals surface area contributed by atoms with Crippen molar-refractivity contribution >= 4 is 17.6 Å². The topological polar surface area (TPSA) is 67.2 Å². The Kier molecular flexibility index (Phi) is 8.58. The van der Waals surface area contributed by atoms with Crippen LogP contribution in [0.5, 0.6) is 0 Å². The van der Waals surface area contributed by atoms with Crippen LogP contribution in [0.4, 0.5) is 5.82 Å². The van der Waals surface area contributed by atoms with E-state index in [0.717, 1.165) is 33.6 Å². The lowest BCUT2D eigenvalue weighted by Crippen LogP contribution is -2.40. The number of anilines is 1. The molecule has 6 nitrogen and oxygen atoms in total. The number of aryl methyl sites for hydroxylation is 2. The molecule has 0 aliphatic rings. The highest BCUT2D eigenvalue weighted by atomic mass is 16.2. The second-order valence-electron chi connectivity index (χ2n) is 11.9. The molecule has 40 heavy (non-hydrogen) atoms. The van der Waals surface area contributed by atoms with Crippen molar-refractivity contribution in [3.8, 4) is 16.9 Å². The van der Waals surface area contributed by atoms with Crippen LogP contribution < -0.4 is 5.32 Å². The predicted octanol–water partition coefficient (Wildman–Crippen LogP) is 7.19. The lowest BCUT2D eigenvalue weighted by Gasteiger charge is -2.25. The molecule has 4 aromatic rings. The van der Waals surface area contributed by atoms with E-state index in [1.165, 1.54) is 0 Å². The first kappa shape index (κ1) is 28.8. The zero-order chi connectivity index (χ0) is 29.0. The van der Waals surface area contributed by atoms with Crippen molar-refractivity contribution in [2.75, 3.05) is 18.4 Å². The summed E-state index contributed by atoms with van der Waals surface area (Å²) in [7, 11) is 0. The van der Waals surface area contributed by atoms with Crippen LogP contribution in [0.15, 0.2) is 78.9 Å². The molecule has 3 aromatic carbocycles. The Morgan fingerprint density at radius 3 is 2.20 bits per heavy atom. The minimum absolute atomic E-state index is 0.00353. The smallest absolute Gasteiger partial charge is 0.254 e. The van der Waals surface area contributed by atoms with Crippen LogP contribution in [-0.2, 0) is 10.2 Å². The third-order valence-electron chi connectivity index (χ3n) is 6.83. The number of carbonyl (C=O) groups is 2. The summed E-state index contributed by atoms with van der Waals surface area (Å²) in [5, 5.41) is 7.90. The van der Waals surface area contributed by atoms with E-state index in [4.69, 9.17) is 5.10 Å². The molecule has 4 rings (SSSR count). The monoisotopic (exact) mass is 536 g/mol. The molecule has 0 aliphatic heterocycles. The van der Waals surface area contributed by atoms with Crippen molar-refractivity contribution in [2.24, 2.45) is 5.92 Å². The van der Waals surface area contributed by atoms with E-state index < -0.39 is 0 Å². The summed E-state index contributed by atoms with van der Waals surface area (Å²) >= 11 is 0. The Bertz CT molecular complexity index is 1480. The second kappa shape index (κ2) is 11.9. The van der Waals surface area contributed by atoms with E-state index >= 15 is 0 Å². The molecular weight excluding hydrogens is 496 g/mol. The number of benzene rings is 3. The van der Waals surface area contributed by atoms with Crippen LogP contribution >= 0.6 is 0 Å². The van der Waals surface area contributed by atoms with Gasteiger partial charge in [-0.25, -0.2) is 4.68 Å². The molecule has 0 radical (unpaired) electrons. The minimum atomic E-state index is -0.272. The normalized spacial score (nSPS) is 11.5. The van der Waals surface area contributed by atoms with Crippen molar-refractivity contribution in [2.45, 2.75) is 53.9 Å². The molecule has 0 fully saturated rings. The number of hydrogen-bond donors (Lipinski definition) is 1. The average Bonchev–Trinajstić information content (AvgIpc) is 3.31. The van der Waals surface area contributed by atoms with Gasteiger partial charge < -0.3 is 10.2 Å². The SMILES string of the molecule is Cc1ccc(-n2nc(-c3ccccc3)cc2NC(=O)CN(CC(C)C)C(=O)c2ccc(C(C)(C)C)cc2)c(C)c1. The molecule has 0 saturated heterocycles. The molecule has 2 amide bonds. The number of hydrogen-bond acceptors (Lipinski definition) is 3. The summed E-state index contributed by atoms with van der Waals surface area (Å²) in [4.78, 5) is 28.6. The van der Waals surface area contributed by atoms with E-state index in [9.17, 15) is 9.59 Å². The molecule has 0 atom stereocenters. The molecule has 0 aliphatic carbocycles. The third-order valence-corrected chi connectivity index (χ3v) is 6.83. The van der Waals surface area contributed by atoms with Gasteiger partial charge in [-0.2, -0.15) is 5.10 Å². The predicted molar refractivity (Wildman–Crippen MR) is 163 cm³/mol. The van der Waals surface area contributed by atoms with Gasteiger partial charge in [-0.15, -0.1) is 0 Å². The van der Waals surface area contributed by atoms with Crippen LogP contribution in [0.25, 0.3) is 16.9 Å². The summed E-state index contributed by atoms with van der Waals surface area (Å²) in [6.45, 7) is 15.0. The fourth-order valence-electron chi connectivity index (χ4n) is 4.76. The highest BCUT2D eigenvalue weighted by Crippen LogP contribution is 2.27. The van der Waals surface area contributed by atoms with E-state index in [1.807, 2.05) is 93.6 Å². The van der Waals surface area contributed by atoms with Gasteiger partial charge in [-0.1, -0.05) is 94.8 Å². The zero-order valence-electron chi connectivity index (χ0n) is 24.7. The summed E-state index contributed by atoms with van der Waals surface area (Å²) in [5.41, 5.74) is 6.53. The first-order valence-corrected chi connectivity index (χ1v) is 13.8. The van der Waals surface area contributed by atoms with Gasteiger partial charge in [0.25, 0.3) is 5.91 Å². The Morgan fingerprint density at radius 2 is 1.60 bits per heavy atom. The lowest BCUT2D eigenvalue weighted by atomic mass is 9.86. The highest BCUT2D eigenvalue weighted by molar-refractivity contribution is 5.99. The van der Waals surface area contributed by atoms with Gasteiger partial charge in [0.05, 0.1) is 11.4 Å². The first-order chi connectivity index (χ1) is 18.9. The number of aromatic nitrogens is 2. The summed E-state index contributed by atoms with van der Waals surface area (Å²) < 4.78 is 1.77. The summed E-state index contributed by atoms with van der Waals surface area (Å²) in [6, 6.07) is 25.6. The molecule has 0 spiro atoms. The molecular formula is C34H40N4O2. The second-order valence-corrected chi connectivity index (χ2v) is 11.9. The van der Waals surface area contributed by atoms with Crippen molar-refractivity contribution < 1.29 is 9.59 Å². The molecule has 0 saturated carbocycles. The van der Waals surface area contributed by atoms with E-state index in [-0.39, 0.29) is 29.7 Å². The number of carbonyl (C=O) groups excluding carboxylic acids is 2. The fourth-order valence-corrected chi connectivity index (χ4v) is 4.76. The number of amides is 2. The van der Waals surface area contributed by atoms with Crippen LogP contribution in [0.1, 0.15) is 61.7 Å². The van der Waals surface area contributed by atoms with E-state index in [0.29, 0.717) is 17.9 Å². The van der Waals surface area contributed by atoms with Crippen LogP contribution in [-0.4, -0.2) is 39.6 Å². The largest absolute Gasteiger partial charge is 0.329 e. The van der Waals surface area contributed by atoms with E-state index in [1.54, 1.807) is 9.58 Å². The molecule has 1 N–H and O–H groups in total. The van der Waals surface area contributed by atoms with Gasteiger partial charge in [-0.3, -0.25) is 9.59 Å². The Hall–Kier alpha value is -4.19. The maximum absolute atomic E-state index is 13.5. The van der Waals surface area contributed by atoms with Crippen molar-refractivity contribution in [3.05, 3.63) is 101 Å². The zero-order valence-corrected chi connectivity index (χ0v) is 24.7. The molecule has 1 heterocycles. The fraction of sp³-hybridized carbons (Fsp3) is 0.324. The molecule has 208 valence electrons. The molecule has 0 unspecified atom stereocenters.